The molecule has 0 aliphatic carbocycles. The number of aromatic nitrogens is 4. The number of pyridine rings is 1. The molecule has 17 rings (SSSR count). The van der Waals surface area contributed by atoms with E-state index in [4.69, 9.17) is 4.98 Å². The second kappa shape index (κ2) is 21.7. The average Bonchev–Trinajstić information content (AvgIpc) is 1.72. The monoisotopic (exact) mass is 1160 g/mol. The molecule has 0 saturated carbocycles. The SMILES string of the molecule is N#Cc1ccc(-c2cc(-c3ccc(-n4c5ccccc5c5cc(-c6ccccc6)ccc54)cc3)nc(-c3ccc(-n4c5ccccc5c5cc(-c6ccccc6)ccc54)cc3)c2-c2ccc(-n3c4ccccc4c4cc(-c5ccccc5)ccc43)cc2)cc1C#N. The molecule has 6 heteroatoms. The van der Waals surface area contributed by atoms with E-state index in [1.54, 1.807) is 6.07 Å². The standard InChI is InChI=1S/C85H52N6/c86-53-65-29-28-64(48-66(65)54-87)73-52-77(58-30-39-67(40-31-58)89-78-25-13-10-22-70(78)74-49-61(36-45-81(74)89)55-16-4-1-5-17-55)88-85(60-34-43-69(44-35-60)91-80-27-15-12-24-72(80)76-51-63(38-47-83(76)91)57-20-8-3-9-21-57)84(73)59-32-41-68(42-33-59)90-79-26-14-11-23-71(79)75-50-62(37-46-82(75)90)56-18-6-2-7-19-56/h1-52H. The van der Waals surface area contributed by atoms with Crippen molar-refractivity contribution >= 4 is 65.4 Å². The second-order valence-corrected chi connectivity index (χ2v) is 23.3. The molecule has 17 aromatic rings. The van der Waals surface area contributed by atoms with Gasteiger partial charge in [0.05, 0.1) is 55.6 Å². The lowest BCUT2D eigenvalue weighted by Crippen LogP contribution is -2.00. The van der Waals surface area contributed by atoms with Crippen molar-refractivity contribution in [2.45, 2.75) is 0 Å². The number of fused-ring (bicyclic) bond motifs is 9. The molecular weight excluding hydrogens is 1100 g/mol. The van der Waals surface area contributed by atoms with Crippen LogP contribution in [0.25, 0.3) is 161 Å². The van der Waals surface area contributed by atoms with Gasteiger partial charge in [-0.25, -0.2) is 4.98 Å². The lowest BCUT2D eigenvalue weighted by atomic mass is 9.88. The Kier molecular flexibility index (Phi) is 12.5. The summed E-state index contributed by atoms with van der Waals surface area (Å²) in [6.07, 6.45) is 0. The fraction of sp³-hybridized carbons (Fsp3) is 0. The molecule has 6 nitrogen and oxygen atoms in total. The van der Waals surface area contributed by atoms with E-state index in [9.17, 15) is 10.5 Å². The molecule has 0 atom stereocenters. The van der Waals surface area contributed by atoms with Gasteiger partial charge in [0.1, 0.15) is 12.1 Å². The molecule has 0 radical (unpaired) electrons. The summed E-state index contributed by atoms with van der Waals surface area (Å²) in [6.45, 7) is 0. The zero-order valence-corrected chi connectivity index (χ0v) is 49.2. The van der Waals surface area contributed by atoms with Gasteiger partial charge >= 0.3 is 0 Å². The summed E-state index contributed by atoms with van der Waals surface area (Å²) in [5.74, 6) is 0. The third kappa shape index (κ3) is 8.89. The van der Waals surface area contributed by atoms with Crippen molar-refractivity contribution in [1.29, 1.82) is 10.5 Å². The van der Waals surface area contributed by atoms with Gasteiger partial charge in [-0.1, -0.05) is 206 Å². The third-order valence-corrected chi connectivity index (χ3v) is 18.2. The Balaban J connectivity index is 0.850. The van der Waals surface area contributed by atoms with E-state index in [-0.39, 0.29) is 0 Å². The van der Waals surface area contributed by atoms with Gasteiger partial charge in [-0.05, 0) is 159 Å². The molecule has 0 bridgehead atoms. The summed E-state index contributed by atoms with van der Waals surface area (Å²) in [7, 11) is 0. The highest BCUT2D eigenvalue weighted by atomic mass is 15.0. The zero-order valence-electron chi connectivity index (χ0n) is 49.2. The van der Waals surface area contributed by atoms with E-state index in [0.717, 1.165) is 94.9 Å². The average molecular weight is 1160 g/mol. The van der Waals surface area contributed by atoms with Crippen LogP contribution in [0, 0.1) is 22.7 Å². The van der Waals surface area contributed by atoms with Crippen LogP contribution in [0.1, 0.15) is 11.1 Å². The molecule has 0 fully saturated rings. The number of rotatable bonds is 10. The van der Waals surface area contributed by atoms with Gasteiger partial charge in [0.25, 0.3) is 0 Å². The first-order valence-electron chi connectivity index (χ1n) is 30.6. The number of hydrogen-bond donors (Lipinski definition) is 0. The van der Waals surface area contributed by atoms with Crippen molar-refractivity contribution < 1.29 is 0 Å². The Morgan fingerprint density at radius 2 is 0.582 bits per heavy atom. The highest BCUT2D eigenvalue weighted by Gasteiger charge is 2.23. The highest BCUT2D eigenvalue weighted by Crippen LogP contribution is 2.45. The third-order valence-electron chi connectivity index (χ3n) is 18.2. The lowest BCUT2D eigenvalue weighted by molar-refractivity contribution is 1.18. The van der Waals surface area contributed by atoms with Crippen molar-refractivity contribution in [2.75, 3.05) is 0 Å². The zero-order chi connectivity index (χ0) is 60.5. The Morgan fingerprint density at radius 3 is 0.989 bits per heavy atom. The molecule has 0 N–H and O–H groups in total. The summed E-state index contributed by atoms with van der Waals surface area (Å²) >= 11 is 0. The molecule has 91 heavy (non-hydrogen) atoms. The summed E-state index contributed by atoms with van der Waals surface area (Å²) < 4.78 is 7.06. The minimum absolute atomic E-state index is 0.306. The number of hydrogen-bond acceptors (Lipinski definition) is 3. The summed E-state index contributed by atoms with van der Waals surface area (Å²) in [6, 6.07) is 117. The Bertz CT molecular complexity index is 5800. The molecule has 422 valence electrons. The molecule has 13 aromatic carbocycles. The van der Waals surface area contributed by atoms with E-state index in [1.807, 2.05) is 12.1 Å². The van der Waals surface area contributed by atoms with Crippen LogP contribution in [-0.4, -0.2) is 18.7 Å². The smallest absolute Gasteiger partial charge is 0.101 e. The summed E-state index contributed by atoms with van der Waals surface area (Å²) in [5.41, 5.74) is 24.3. The molecule has 0 amide bonds. The van der Waals surface area contributed by atoms with Crippen LogP contribution in [0.4, 0.5) is 0 Å². The van der Waals surface area contributed by atoms with E-state index in [0.29, 0.717) is 11.1 Å². The highest BCUT2D eigenvalue weighted by molar-refractivity contribution is 6.13. The van der Waals surface area contributed by atoms with Crippen molar-refractivity contribution in [3.63, 3.8) is 0 Å². The molecule has 4 heterocycles. The maximum absolute atomic E-state index is 10.6. The van der Waals surface area contributed by atoms with Gasteiger partial charge in [-0.15, -0.1) is 0 Å². The van der Waals surface area contributed by atoms with Gasteiger partial charge in [0, 0.05) is 66.1 Å². The lowest BCUT2D eigenvalue weighted by Gasteiger charge is -2.19. The first-order chi connectivity index (χ1) is 45.0. The molecule has 0 aliphatic rings. The summed E-state index contributed by atoms with van der Waals surface area (Å²) in [4.78, 5) is 5.76. The molecule has 0 unspecified atom stereocenters. The number of nitriles is 2. The van der Waals surface area contributed by atoms with E-state index < -0.39 is 0 Å². The first-order valence-corrected chi connectivity index (χ1v) is 30.6. The van der Waals surface area contributed by atoms with Crippen molar-refractivity contribution in [1.82, 2.24) is 18.7 Å². The Morgan fingerprint density at radius 1 is 0.242 bits per heavy atom. The van der Waals surface area contributed by atoms with E-state index >= 15 is 0 Å². The van der Waals surface area contributed by atoms with Crippen LogP contribution in [0.15, 0.2) is 315 Å². The van der Waals surface area contributed by atoms with Gasteiger partial charge in [-0.3, -0.25) is 0 Å². The number of para-hydroxylation sites is 3. The maximum atomic E-state index is 10.6. The van der Waals surface area contributed by atoms with Gasteiger partial charge < -0.3 is 13.7 Å². The van der Waals surface area contributed by atoms with E-state index in [1.165, 1.54) is 65.7 Å². The fourth-order valence-electron chi connectivity index (χ4n) is 13.8. The molecule has 0 spiro atoms. The largest absolute Gasteiger partial charge is 0.309 e. The van der Waals surface area contributed by atoms with Crippen LogP contribution < -0.4 is 0 Å². The second-order valence-electron chi connectivity index (χ2n) is 23.3. The predicted octanol–water partition coefficient (Wildman–Crippen LogP) is 21.8. The fourth-order valence-corrected chi connectivity index (χ4v) is 13.8. The van der Waals surface area contributed by atoms with Crippen LogP contribution in [0.2, 0.25) is 0 Å². The van der Waals surface area contributed by atoms with Crippen molar-refractivity contribution in [2.24, 2.45) is 0 Å². The van der Waals surface area contributed by atoms with Gasteiger partial charge in [-0.2, -0.15) is 10.5 Å². The topological polar surface area (TPSA) is 75.3 Å². The normalized spacial score (nSPS) is 11.5. The molecule has 4 aromatic heterocycles. The first kappa shape index (κ1) is 52.7. The summed E-state index contributed by atoms with van der Waals surface area (Å²) in [5, 5.41) is 28.0. The van der Waals surface area contributed by atoms with E-state index in [2.05, 4.69) is 323 Å². The number of benzene rings is 13. The molecule has 0 aliphatic heterocycles. The maximum Gasteiger partial charge on any atom is 0.101 e. The number of nitrogens with zero attached hydrogens (tertiary/aromatic N) is 6. The molecular formula is C85H52N6. The van der Waals surface area contributed by atoms with Crippen LogP contribution >= 0.6 is 0 Å². The van der Waals surface area contributed by atoms with Gasteiger partial charge in [0.15, 0.2) is 0 Å². The molecule has 0 saturated heterocycles. The van der Waals surface area contributed by atoms with Crippen LogP contribution in [0.5, 0.6) is 0 Å². The van der Waals surface area contributed by atoms with Crippen LogP contribution in [-0.2, 0) is 0 Å². The predicted molar refractivity (Wildman–Crippen MR) is 375 cm³/mol. The van der Waals surface area contributed by atoms with Crippen molar-refractivity contribution in [3.8, 4) is 107 Å². The minimum atomic E-state index is 0.306. The quantitative estimate of drug-likeness (QED) is 0.137. The van der Waals surface area contributed by atoms with Crippen LogP contribution in [0.3, 0.4) is 0 Å². The Hall–Kier alpha value is -12.6. The van der Waals surface area contributed by atoms with Crippen molar-refractivity contribution in [3.05, 3.63) is 327 Å². The Labute approximate surface area is 525 Å². The minimum Gasteiger partial charge on any atom is -0.309 e. The van der Waals surface area contributed by atoms with Gasteiger partial charge in [0.2, 0.25) is 0 Å².